The van der Waals surface area contributed by atoms with Gasteiger partial charge in [0.1, 0.15) is 17.2 Å². The molecule has 0 aliphatic rings. The molecule has 0 bridgehead atoms. The summed E-state index contributed by atoms with van der Waals surface area (Å²) in [6.45, 7) is 0. The normalized spacial score (nSPS) is 10.1. The van der Waals surface area contributed by atoms with Crippen molar-refractivity contribution in [2.24, 2.45) is 5.73 Å². The Morgan fingerprint density at radius 1 is 0.680 bits per heavy atom. The quantitative estimate of drug-likeness (QED) is 0.569. The van der Waals surface area contributed by atoms with Gasteiger partial charge in [0, 0.05) is 5.56 Å². The van der Waals surface area contributed by atoms with Crippen LogP contribution in [0.25, 0.3) is 0 Å². The molecule has 0 spiro atoms. The summed E-state index contributed by atoms with van der Waals surface area (Å²) in [6, 6.07) is 22.0. The minimum atomic E-state index is -0.538. The highest BCUT2D eigenvalue weighted by Gasteiger charge is 2.10. The number of ether oxygens (including phenoxy) is 2. The number of carbonyl (C=O) groups is 2. The van der Waals surface area contributed by atoms with Gasteiger partial charge in [-0.2, -0.15) is 0 Å². The molecule has 0 saturated carbocycles. The van der Waals surface area contributed by atoms with Gasteiger partial charge >= 0.3 is 5.97 Å². The van der Waals surface area contributed by atoms with Gasteiger partial charge in [-0.1, -0.05) is 24.3 Å². The molecule has 124 valence electrons. The van der Waals surface area contributed by atoms with Crippen molar-refractivity contribution in [3.8, 4) is 17.2 Å². The molecule has 5 nitrogen and oxygen atoms in total. The van der Waals surface area contributed by atoms with E-state index in [9.17, 15) is 9.59 Å². The zero-order chi connectivity index (χ0) is 17.6. The minimum Gasteiger partial charge on any atom is -0.457 e. The molecule has 3 aromatic rings. The lowest BCUT2D eigenvalue weighted by Crippen LogP contribution is -2.11. The number of nitrogens with two attached hydrogens (primary N) is 1. The number of para-hydroxylation sites is 1. The van der Waals surface area contributed by atoms with Gasteiger partial charge in [0.15, 0.2) is 0 Å². The molecule has 2 N–H and O–H groups in total. The Labute approximate surface area is 144 Å². The van der Waals surface area contributed by atoms with Gasteiger partial charge in [-0.3, -0.25) is 4.79 Å². The maximum absolute atomic E-state index is 12.3. The number of rotatable bonds is 5. The second-order valence-corrected chi connectivity index (χ2v) is 5.22. The summed E-state index contributed by atoms with van der Waals surface area (Å²) in [5.41, 5.74) is 5.87. The largest absolute Gasteiger partial charge is 0.457 e. The smallest absolute Gasteiger partial charge is 0.343 e. The summed E-state index contributed by atoms with van der Waals surface area (Å²) in [5.74, 6) is 0.471. The highest BCUT2D eigenvalue weighted by atomic mass is 16.5. The van der Waals surface area contributed by atoms with Crippen molar-refractivity contribution in [3.63, 3.8) is 0 Å². The van der Waals surface area contributed by atoms with Crippen LogP contribution in [0.5, 0.6) is 17.2 Å². The molecular formula is C20H15NO4. The van der Waals surface area contributed by atoms with Crippen molar-refractivity contribution in [1.29, 1.82) is 0 Å². The molecule has 0 unspecified atom stereocenters. The average molecular weight is 333 g/mol. The zero-order valence-electron chi connectivity index (χ0n) is 13.2. The third-order valence-electron chi connectivity index (χ3n) is 3.40. The molecule has 0 aromatic heterocycles. The Hall–Kier alpha value is -3.60. The van der Waals surface area contributed by atoms with Crippen LogP contribution >= 0.6 is 0 Å². The number of esters is 1. The maximum atomic E-state index is 12.3. The van der Waals surface area contributed by atoms with Crippen molar-refractivity contribution < 1.29 is 19.1 Å². The Morgan fingerprint density at radius 2 is 1.36 bits per heavy atom. The van der Waals surface area contributed by atoms with Gasteiger partial charge in [-0.05, 0) is 54.6 Å². The molecule has 1 amide bonds. The fourth-order valence-corrected chi connectivity index (χ4v) is 2.16. The number of carbonyl (C=O) groups excluding carboxylic acids is 2. The molecule has 3 rings (SSSR count). The zero-order valence-corrected chi connectivity index (χ0v) is 13.2. The lowest BCUT2D eigenvalue weighted by molar-refractivity contribution is 0.0734. The summed E-state index contributed by atoms with van der Waals surface area (Å²) >= 11 is 0. The van der Waals surface area contributed by atoms with Crippen LogP contribution in [0.15, 0.2) is 78.9 Å². The summed E-state index contributed by atoms with van der Waals surface area (Å²) in [7, 11) is 0. The summed E-state index contributed by atoms with van der Waals surface area (Å²) in [4.78, 5) is 23.3. The van der Waals surface area contributed by atoms with E-state index in [1.54, 1.807) is 24.3 Å². The molecule has 0 aliphatic heterocycles. The average Bonchev–Trinajstić information content (AvgIpc) is 2.63. The SMILES string of the molecule is NC(=O)c1ccc(OC(=O)c2cccc(Oc3ccccc3)c2)cc1. The Morgan fingerprint density at radius 3 is 2.04 bits per heavy atom. The van der Waals surface area contributed by atoms with Gasteiger partial charge < -0.3 is 15.2 Å². The summed E-state index contributed by atoms with van der Waals surface area (Å²) in [6.07, 6.45) is 0. The van der Waals surface area contributed by atoms with Crippen molar-refractivity contribution in [3.05, 3.63) is 90.0 Å². The highest BCUT2D eigenvalue weighted by molar-refractivity contribution is 5.93. The van der Waals surface area contributed by atoms with Crippen LogP contribution in [0, 0.1) is 0 Å². The number of hydrogen-bond acceptors (Lipinski definition) is 4. The van der Waals surface area contributed by atoms with Gasteiger partial charge in [0.25, 0.3) is 0 Å². The predicted molar refractivity (Wildman–Crippen MR) is 92.9 cm³/mol. The lowest BCUT2D eigenvalue weighted by Gasteiger charge is -2.08. The van der Waals surface area contributed by atoms with Gasteiger partial charge in [0.2, 0.25) is 5.91 Å². The summed E-state index contributed by atoms with van der Waals surface area (Å²) in [5, 5.41) is 0. The number of benzene rings is 3. The highest BCUT2D eigenvalue weighted by Crippen LogP contribution is 2.22. The molecule has 25 heavy (non-hydrogen) atoms. The van der Waals surface area contributed by atoms with Crippen molar-refractivity contribution >= 4 is 11.9 Å². The first kappa shape index (κ1) is 16.3. The molecule has 0 saturated heterocycles. The lowest BCUT2D eigenvalue weighted by atomic mass is 10.2. The van der Waals surface area contributed by atoms with Gasteiger partial charge in [-0.15, -0.1) is 0 Å². The van der Waals surface area contributed by atoms with Crippen LogP contribution < -0.4 is 15.2 Å². The van der Waals surface area contributed by atoms with Gasteiger partial charge in [0.05, 0.1) is 5.56 Å². The van der Waals surface area contributed by atoms with E-state index in [1.165, 1.54) is 24.3 Å². The van der Waals surface area contributed by atoms with E-state index in [0.29, 0.717) is 28.4 Å². The van der Waals surface area contributed by atoms with Crippen molar-refractivity contribution in [1.82, 2.24) is 0 Å². The second kappa shape index (κ2) is 7.31. The van der Waals surface area contributed by atoms with E-state index in [1.807, 2.05) is 30.3 Å². The van der Waals surface area contributed by atoms with Crippen LogP contribution in [0.1, 0.15) is 20.7 Å². The van der Waals surface area contributed by atoms with Crippen LogP contribution in [0.2, 0.25) is 0 Å². The predicted octanol–water partition coefficient (Wildman–Crippen LogP) is 3.80. The van der Waals surface area contributed by atoms with Gasteiger partial charge in [-0.25, -0.2) is 4.79 Å². The van der Waals surface area contributed by atoms with E-state index < -0.39 is 11.9 Å². The van der Waals surface area contributed by atoms with E-state index in [4.69, 9.17) is 15.2 Å². The van der Waals surface area contributed by atoms with E-state index >= 15 is 0 Å². The van der Waals surface area contributed by atoms with Crippen molar-refractivity contribution in [2.75, 3.05) is 0 Å². The van der Waals surface area contributed by atoms with Crippen molar-refractivity contribution in [2.45, 2.75) is 0 Å². The molecule has 0 radical (unpaired) electrons. The fraction of sp³-hybridized carbons (Fsp3) is 0. The Kier molecular flexibility index (Phi) is 4.76. The van der Waals surface area contributed by atoms with Crippen LogP contribution in [-0.4, -0.2) is 11.9 Å². The monoisotopic (exact) mass is 333 g/mol. The minimum absolute atomic E-state index is 0.324. The fourth-order valence-electron chi connectivity index (χ4n) is 2.16. The molecule has 3 aromatic carbocycles. The third kappa shape index (κ3) is 4.23. The third-order valence-corrected chi connectivity index (χ3v) is 3.40. The van der Waals surface area contributed by atoms with Crippen LogP contribution in [0.3, 0.4) is 0 Å². The van der Waals surface area contributed by atoms with Crippen LogP contribution in [0.4, 0.5) is 0 Å². The molecular weight excluding hydrogens is 318 g/mol. The van der Waals surface area contributed by atoms with E-state index in [2.05, 4.69) is 0 Å². The van der Waals surface area contributed by atoms with E-state index in [-0.39, 0.29) is 0 Å². The first-order chi connectivity index (χ1) is 12.1. The molecule has 0 aliphatic carbocycles. The molecule has 0 atom stereocenters. The number of amides is 1. The molecule has 0 heterocycles. The second-order valence-electron chi connectivity index (χ2n) is 5.22. The first-order valence-electron chi connectivity index (χ1n) is 7.57. The first-order valence-corrected chi connectivity index (χ1v) is 7.57. The molecule has 5 heteroatoms. The Balaban J connectivity index is 1.71. The van der Waals surface area contributed by atoms with E-state index in [0.717, 1.165) is 0 Å². The standard InChI is InChI=1S/C20H15NO4/c21-19(22)14-9-11-17(12-10-14)25-20(23)15-5-4-8-18(13-15)24-16-6-2-1-3-7-16/h1-13H,(H2,21,22). The topological polar surface area (TPSA) is 78.6 Å². The maximum Gasteiger partial charge on any atom is 0.343 e. The number of hydrogen-bond donors (Lipinski definition) is 1. The Bertz CT molecular complexity index is 889. The molecule has 0 fully saturated rings. The van der Waals surface area contributed by atoms with Crippen LogP contribution in [-0.2, 0) is 0 Å². The summed E-state index contributed by atoms with van der Waals surface area (Å²) < 4.78 is 11.0. The number of primary amides is 1.